The van der Waals surface area contributed by atoms with Crippen molar-refractivity contribution in [3.8, 4) is 0 Å². The van der Waals surface area contributed by atoms with Crippen LogP contribution < -0.4 is 5.32 Å². The van der Waals surface area contributed by atoms with Crippen LogP contribution in [0.2, 0.25) is 5.02 Å². The number of nitrogens with zero attached hydrogens (tertiary/aromatic N) is 1. The Morgan fingerprint density at radius 1 is 1.32 bits per heavy atom. The zero-order chi connectivity index (χ0) is 18.8. The van der Waals surface area contributed by atoms with E-state index in [2.05, 4.69) is 5.32 Å². The fourth-order valence-corrected chi connectivity index (χ4v) is 2.99. The molecule has 0 aliphatic heterocycles. The third-order valence-corrected chi connectivity index (χ3v) is 4.44. The van der Waals surface area contributed by atoms with Crippen LogP contribution in [0.25, 0.3) is 0 Å². The lowest BCUT2D eigenvalue weighted by Gasteiger charge is -2.26. The third kappa shape index (κ3) is 6.96. The van der Waals surface area contributed by atoms with E-state index in [0.717, 1.165) is 0 Å². The lowest BCUT2D eigenvalue weighted by Crippen LogP contribution is -2.50. The number of nitrogens with one attached hydrogen (secondary N) is 1. The first-order chi connectivity index (χ1) is 11.9. The first-order valence-electron chi connectivity index (χ1n) is 7.95. The molecule has 0 fully saturated rings. The third-order valence-electron chi connectivity index (χ3n) is 3.46. The average molecular weight is 387 g/mol. The molecule has 1 atom stereocenters. The molecule has 1 aromatic carbocycles. The highest BCUT2D eigenvalue weighted by Crippen LogP contribution is 2.15. The summed E-state index contributed by atoms with van der Waals surface area (Å²) in [6.45, 7) is 1.80. The Morgan fingerprint density at radius 3 is 2.56 bits per heavy atom. The second kappa shape index (κ2) is 11.0. The molecule has 25 heavy (non-hydrogen) atoms. The molecule has 138 valence electrons. The molecular formula is C17H23ClN2O4S. The van der Waals surface area contributed by atoms with Gasteiger partial charge >= 0.3 is 5.97 Å². The summed E-state index contributed by atoms with van der Waals surface area (Å²) in [6.07, 6.45) is 2.95. The van der Waals surface area contributed by atoms with Gasteiger partial charge in [0.2, 0.25) is 5.91 Å². The SMILES string of the molecule is CCCN(CC(=O)O)C(=O)C(CCSC)NC(=O)c1ccccc1Cl. The molecule has 0 aromatic heterocycles. The molecule has 6 nitrogen and oxygen atoms in total. The molecule has 1 aromatic rings. The Bertz CT molecular complexity index is 612. The van der Waals surface area contributed by atoms with E-state index < -0.39 is 23.8 Å². The minimum atomic E-state index is -1.08. The Balaban J connectivity index is 2.94. The van der Waals surface area contributed by atoms with E-state index in [0.29, 0.717) is 30.2 Å². The smallest absolute Gasteiger partial charge is 0.323 e. The van der Waals surface area contributed by atoms with Gasteiger partial charge in [-0.25, -0.2) is 0 Å². The number of hydrogen-bond acceptors (Lipinski definition) is 4. The normalized spacial score (nSPS) is 11.6. The molecule has 0 spiro atoms. The van der Waals surface area contributed by atoms with Crippen molar-refractivity contribution in [3.63, 3.8) is 0 Å². The van der Waals surface area contributed by atoms with Gasteiger partial charge < -0.3 is 15.3 Å². The summed E-state index contributed by atoms with van der Waals surface area (Å²) < 4.78 is 0. The first-order valence-corrected chi connectivity index (χ1v) is 9.72. The van der Waals surface area contributed by atoms with Gasteiger partial charge in [0.15, 0.2) is 0 Å². The number of halogens is 1. The summed E-state index contributed by atoms with van der Waals surface area (Å²) in [7, 11) is 0. The molecular weight excluding hydrogens is 364 g/mol. The number of thioether (sulfide) groups is 1. The van der Waals surface area contributed by atoms with E-state index >= 15 is 0 Å². The van der Waals surface area contributed by atoms with Crippen LogP contribution in [0, 0.1) is 0 Å². The monoisotopic (exact) mass is 386 g/mol. The van der Waals surface area contributed by atoms with Crippen molar-refractivity contribution >= 4 is 41.1 Å². The van der Waals surface area contributed by atoms with Crippen molar-refractivity contribution in [1.29, 1.82) is 0 Å². The molecule has 0 radical (unpaired) electrons. The Labute approximate surface area is 156 Å². The van der Waals surface area contributed by atoms with Gasteiger partial charge in [0.1, 0.15) is 12.6 Å². The van der Waals surface area contributed by atoms with Crippen molar-refractivity contribution in [2.75, 3.05) is 25.1 Å². The van der Waals surface area contributed by atoms with Gasteiger partial charge in [-0.05, 0) is 37.0 Å². The molecule has 1 unspecified atom stereocenters. The number of carbonyl (C=O) groups is 3. The molecule has 0 aliphatic rings. The number of benzene rings is 1. The van der Waals surface area contributed by atoms with E-state index in [4.69, 9.17) is 16.7 Å². The van der Waals surface area contributed by atoms with Crippen LogP contribution in [0.1, 0.15) is 30.1 Å². The predicted octanol–water partition coefficient (Wildman–Crippen LogP) is 2.51. The van der Waals surface area contributed by atoms with Gasteiger partial charge in [0, 0.05) is 6.54 Å². The Morgan fingerprint density at radius 2 is 2.00 bits per heavy atom. The zero-order valence-electron chi connectivity index (χ0n) is 14.3. The average Bonchev–Trinajstić information content (AvgIpc) is 2.57. The second-order valence-corrected chi connectivity index (χ2v) is 6.83. The Hall–Kier alpha value is -1.73. The zero-order valence-corrected chi connectivity index (χ0v) is 15.9. The molecule has 0 heterocycles. The van der Waals surface area contributed by atoms with Gasteiger partial charge in [-0.1, -0.05) is 30.7 Å². The van der Waals surface area contributed by atoms with Crippen LogP contribution in [0.3, 0.4) is 0 Å². The van der Waals surface area contributed by atoms with E-state index in [9.17, 15) is 14.4 Å². The first kappa shape index (κ1) is 21.3. The maximum absolute atomic E-state index is 12.7. The Kier molecular flexibility index (Phi) is 9.37. The lowest BCUT2D eigenvalue weighted by molar-refractivity contribution is -0.145. The summed E-state index contributed by atoms with van der Waals surface area (Å²) in [5.74, 6) is -1.26. The summed E-state index contributed by atoms with van der Waals surface area (Å²) in [6, 6.07) is 5.79. The fourth-order valence-electron chi connectivity index (χ4n) is 2.30. The van der Waals surface area contributed by atoms with Crippen LogP contribution in [-0.4, -0.2) is 58.9 Å². The number of hydrogen-bond donors (Lipinski definition) is 2. The minimum Gasteiger partial charge on any atom is -0.480 e. The quantitative estimate of drug-likeness (QED) is 0.645. The van der Waals surface area contributed by atoms with E-state index in [1.54, 1.807) is 36.0 Å². The number of carboxylic acid groups (broad SMARTS) is 1. The van der Waals surface area contributed by atoms with Gasteiger partial charge in [-0.3, -0.25) is 14.4 Å². The standard InChI is InChI=1S/C17H23ClN2O4S/c1-3-9-20(11-15(21)22)17(24)14(8-10-25-2)19-16(23)12-6-4-5-7-13(12)18/h4-7,14H,3,8-11H2,1-2H3,(H,19,23)(H,21,22). The van der Waals surface area contributed by atoms with E-state index in [-0.39, 0.29) is 12.1 Å². The van der Waals surface area contributed by atoms with Crippen molar-refractivity contribution in [1.82, 2.24) is 10.2 Å². The summed E-state index contributed by atoms with van der Waals surface area (Å²) >= 11 is 7.58. The highest BCUT2D eigenvalue weighted by molar-refractivity contribution is 7.98. The van der Waals surface area contributed by atoms with Crippen LogP contribution in [0.4, 0.5) is 0 Å². The van der Waals surface area contributed by atoms with Crippen molar-refractivity contribution < 1.29 is 19.5 Å². The summed E-state index contributed by atoms with van der Waals surface area (Å²) in [5, 5.41) is 12.0. The van der Waals surface area contributed by atoms with E-state index in [1.165, 1.54) is 4.90 Å². The van der Waals surface area contributed by atoms with Crippen molar-refractivity contribution in [2.45, 2.75) is 25.8 Å². The van der Waals surface area contributed by atoms with E-state index in [1.807, 2.05) is 13.2 Å². The molecule has 0 aliphatic carbocycles. The van der Waals surface area contributed by atoms with Gasteiger partial charge in [-0.2, -0.15) is 11.8 Å². The lowest BCUT2D eigenvalue weighted by atomic mass is 10.1. The van der Waals surface area contributed by atoms with Crippen molar-refractivity contribution in [3.05, 3.63) is 34.9 Å². The maximum atomic E-state index is 12.7. The van der Waals surface area contributed by atoms with Crippen LogP contribution in [-0.2, 0) is 9.59 Å². The number of carbonyl (C=O) groups excluding carboxylic acids is 2. The maximum Gasteiger partial charge on any atom is 0.323 e. The van der Waals surface area contributed by atoms with Crippen LogP contribution >= 0.6 is 23.4 Å². The number of rotatable bonds is 10. The molecule has 0 saturated carbocycles. The molecule has 1 rings (SSSR count). The molecule has 2 amide bonds. The molecule has 2 N–H and O–H groups in total. The minimum absolute atomic E-state index is 0.284. The van der Waals surface area contributed by atoms with Crippen LogP contribution in [0.5, 0.6) is 0 Å². The van der Waals surface area contributed by atoms with Gasteiger partial charge in [-0.15, -0.1) is 0 Å². The van der Waals surface area contributed by atoms with Gasteiger partial charge in [0.25, 0.3) is 5.91 Å². The highest BCUT2D eigenvalue weighted by atomic mass is 35.5. The largest absolute Gasteiger partial charge is 0.480 e. The number of amides is 2. The number of aliphatic carboxylic acids is 1. The topological polar surface area (TPSA) is 86.7 Å². The molecule has 0 saturated heterocycles. The fraction of sp³-hybridized carbons (Fsp3) is 0.471. The number of carboxylic acids is 1. The predicted molar refractivity (Wildman–Crippen MR) is 100 cm³/mol. The van der Waals surface area contributed by atoms with Crippen molar-refractivity contribution in [2.24, 2.45) is 0 Å². The highest BCUT2D eigenvalue weighted by Gasteiger charge is 2.27. The summed E-state index contributed by atoms with van der Waals surface area (Å²) in [4.78, 5) is 37.5. The second-order valence-electron chi connectivity index (χ2n) is 5.44. The molecule has 0 bridgehead atoms. The van der Waals surface area contributed by atoms with Gasteiger partial charge in [0.05, 0.1) is 10.6 Å². The molecule has 8 heteroatoms. The van der Waals surface area contributed by atoms with Crippen LogP contribution in [0.15, 0.2) is 24.3 Å². The summed E-state index contributed by atoms with van der Waals surface area (Å²) in [5.41, 5.74) is 0.284.